The third kappa shape index (κ3) is 6.03. The van der Waals surface area contributed by atoms with Crippen molar-refractivity contribution in [3.8, 4) is 0 Å². The predicted octanol–water partition coefficient (Wildman–Crippen LogP) is 3.06. The number of primary sulfonamides is 1. The average Bonchev–Trinajstić information content (AvgIpc) is 3.18. The fourth-order valence-electron chi connectivity index (χ4n) is 2.41. The molecule has 1 aromatic heterocycles. The minimum absolute atomic E-state index is 0.0335. The van der Waals surface area contributed by atoms with Gasteiger partial charge in [0.15, 0.2) is 4.34 Å². The van der Waals surface area contributed by atoms with Gasteiger partial charge < -0.3 is 5.32 Å². The normalized spacial score (nSPS) is 12.5. The summed E-state index contributed by atoms with van der Waals surface area (Å²) in [5.41, 5.74) is 1.63. The van der Waals surface area contributed by atoms with Gasteiger partial charge in [-0.3, -0.25) is 4.79 Å². The van der Waals surface area contributed by atoms with Crippen molar-refractivity contribution in [1.82, 2.24) is 14.7 Å². The smallest absolute Gasteiger partial charge is 0.238 e. The van der Waals surface area contributed by atoms with E-state index in [0.717, 1.165) is 15.5 Å². The highest BCUT2D eigenvalue weighted by molar-refractivity contribution is 8.02. The van der Waals surface area contributed by atoms with Crippen LogP contribution in [0.3, 0.4) is 0 Å². The number of benzene rings is 2. The second kappa shape index (κ2) is 9.72. The molecule has 0 saturated carbocycles. The average molecular weight is 467 g/mol. The minimum Gasteiger partial charge on any atom is -0.351 e. The number of aromatic nitrogens is 2. The number of hydrogen-bond acceptors (Lipinski definition) is 8. The van der Waals surface area contributed by atoms with Gasteiger partial charge in [0.1, 0.15) is 5.25 Å². The van der Waals surface area contributed by atoms with E-state index in [4.69, 9.17) is 5.14 Å². The van der Waals surface area contributed by atoms with Crippen LogP contribution >= 0.6 is 35.1 Å². The molecule has 1 atom stereocenters. The third-order valence-corrected chi connectivity index (χ3v) is 7.48. The molecule has 0 unspecified atom stereocenters. The molecule has 3 N–H and O–H groups in total. The summed E-state index contributed by atoms with van der Waals surface area (Å²) in [6, 6.07) is 15.6. The van der Waals surface area contributed by atoms with Crippen LogP contribution in [0.1, 0.15) is 16.4 Å². The Bertz CT molecular complexity index is 1070. The maximum Gasteiger partial charge on any atom is 0.238 e. The minimum atomic E-state index is -3.74. The van der Waals surface area contributed by atoms with Crippen molar-refractivity contribution in [2.45, 2.75) is 26.2 Å². The zero-order valence-corrected chi connectivity index (χ0v) is 18.6. The van der Waals surface area contributed by atoms with Crippen LogP contribution < -0.4 is 10.5 Å². The molecule has 1 amide bonds. The van der Waals surface area contributed by atoms with E-state index in [2.05, 4.69) is 14.7 Å². The number of amides is 1. The summed E-state index contributed by atoms with van der Waals surface area (Å²) in [6.45, 7) is 0.264. The van der Waals surface area contributed by atoms with E-state index in [9.17, 15) is 13.2 Å². The summed E-state index contributed by atoms with van der Waals surface area (Å²) in [7, 11) is -3.74. The van der Waals surface area contributed by atoms with Crippen LogP contribution in [0.4, 0.5) is 0 Å². The van der Waals surface area contributed by atoms with Crippen LogP contribution in [-0.2, 0) is 21.4 Å². The lowest BCUT2D eigenvalue weighted by Gasteiger charge is -2.15. The standard InChI is InChI=1S/C18H18N4O3S4/c1-26-17-21-18(28-22-17)27-15(13-5-3-2-4-6-13)16(23)20-11-12-7-9-14(10-8-12)29(19,24)25/h2-10,15H,11H2,1H3,(H,20,23)(H2,19,24,25)/t15-/m1/s1. The molecule has 0 bridgehead atoms. The molecule has 0 aliphatic carbocycles. The highest BCUT2D eigenvalue weighted by atomic mass is 32.2. The molecule has 3 rings (SSSR count). The Morgan fingerprint density at radius 3 is 2.45 bits per heavy atom. The van der Waals surface area contributed by atoms with E-state index in [0.29, 0.717) is 5.16 Å². The molecule has 0 fully saturated rings. The fraction of sp³-hybridized carbons (Fsp3) is 0.167. The molecule has 2 aromatic carbocycles. The number of carbonyl (C=O) groups is 1. The lowest BCUT2D eigenvalue weighted by molar-refractivity contribution is -0.120. The number of carbonyl (C=O) groups excluding carboxylic acids is 1. The molecule has 1 heterocycles. The number of hydrogen-bond donors (Lipinski definition) is 2. The monoisotopic (exact) mass is 466 g/mol. The highest BCUT2D eigenvalue weighted by Gasteiger charge is 2.23. The highest BCUT2D eigenvalue weighted by Crippen LogP contribution is 2.37. The topological polar surface area (TPSA) is 115 Å². The van der Waals surface area contributed by atoms with Crippen molar-refractivity contribution in [3.05, 3.63) is 65.7 Å². The number of nitrogens with two attached hydrogens (primary N) is 1. The Balaban J connectivity index is 1.72. The van der Waals surface area contributed by atoms with E-state index in [1.807, 2.05) is 36.6 Å². The van der Waals surface area contributed by atoms with Crippen LogP contribution in [0.15, 0.2) is 69.0 Å². The molecule has 0 aliphatic rings. The van der Waals surface area contributed by atoms with Gasteiger partial charge in [-0.1, -0.05) is 66.0 Å². The quantitative estimate of drug-likeness (QED) is 0.490. The van der Waals surface area contributed by atoms with E-state index in [1.54, 1.807) is 12.1 Å². The Morgan fingerprint density at radius 1 is 1.17 bits per heavy atom. The second-order valence-electron chi connectivity index (χ2n) is 5.86. The zero-order valence-electron chi connectivity index (χ0n) is 15.3. The molecular formula is C18H18N4O3S4. The molecule has 3 aromatic rings. The van der Waals surface area contributed by atoms with Crippen molar-refractivity contribution >= 4 is 51.0 Å². The van der Waals surface area contributed by atoms with E-state index in [1.165, 1.54) is 47.2 Å². The van der Waals surface area contributed by atoms with Gasteiger partial charge in [-0.15, -0.1) is 0 Å². The van der Waals surface area contributed by atoms with Crippen LogP contribution in [0, 0.1) is 0 Å². The van der Waals surface area contributed by atoms with Gasteiger partial charge in [0.2, 0.25) is 21.1 Å². The summed E-state index contributed by atoms with van der Waals surface area (Å²) in [5, 5.41) is 8.21. The van der Waals surface area contributed by atoms with Gasteiger partial charge in [-0.05, 0) is 41.0 Å². The van der Waals surface area contributed by atoms with Crippen LogP contribution in [0.25, 0.3) is 0 Å². The van der Waals surface area contributed by atoms with E-state index < -0.39 is 15.3 Å². The maximum atomic E-state index is 12.9. The van der Waals surface area contributed by atoms with E-state index >= 15 is 0 Å². The summed E-state index contributed by atoms with van der Waals surface area (Å²) in [4.78, 5) is 17.4. The molecule has 0 saturated heterocycles. The maximum absolute atomic E-state index is 12.9. The second-order valence-corrected chi connectivity index (χ2v) is 10.3. The molecule has 0 radical (unpaired) electrons. The molecule has 152 valence electrons. The molecule has 0 spiro atoms. The Labute approximate surface area is 181 Å². The van der Waals surface area contributed by atoms with Crippen LogP contribution in [-0.4, -0.2) is 29.9 Å². The number of nitrogens with zero attached hydrogens (tertiary/aromatic N) is 2. The van der Waals surface area contributed by atoms with Gasteiger partial charge >= 0.3 is 0 Å². The molecular weight excluding hydrogens is 448 g/mol. The molecule has 7 nitrogen and oxygen atoms in total. The molecule has 11 heteroatoms. The Hall–Kier alpha value is -1.92. The number of rotatable bonds is 8. The van der Waals surface area contributed by atoms with Crippen molar-refractivity contribution in [1.29, 1.82) is 0 Å². The lowest BCUT2D eigenvalue weighted by atomic mass is 10.1. The number of sulfonamides is 1. The number of nitrogens with one attached hydrogen (secondary N) is 1. The van der Waals surface area contributed by atoms with Gasteiger partial charge in [0.25, 0.3) is 0 Å². The van der Waals surface area contributed by atoms with Crippen molar-refractivity contribution < 1.29 is 13.2 Å². The van der Waals surface area contributed by atoms with Gasteiger partial charge in [0, 0.05) is 6.54 Å². The predicted molar refractivity (Wildman–Crippen MR) is 116 cm³/mol. The first-order chi connectivity index (χ1) is 13.9. The van der Waals surface area contributed by atoms with E-state index in [-0.39, 0.29) is 17.3 Å². The first-order valence-electron chi connectivity index (χ1n) is 8.35. The molecule has 0 aliphatic heterocycles. The molecule has 29 heavy (non-hydrogen) atoms. The third-order valence-electron chi connectivity index (χ3n) is 3.85. The SMILES string of the molecule is CSc1nsc(S[C@@H](C(=O)NCc2ccc(S(N)(=O)=O)cc2)c2ccccc2)n1. The van der Waals surface area contributed by atoms with Crippen LogP contribution in [0.5, 0.6) is 0 Å². The first kappa shape index (κ1) is 21.8. The summed E-state index contributed by atoms with van der Waals surface area (Å²) in [6.07, 6.45) is 1.90. The van der Waals surface area contributed by atoms with Gasteiger partial charge in [0.05, 0.1) is 4.90 Å². The van der Waals surface area contributed by atoms with Crippen molar-refractivity contribution in [2.24, 2.45) is 5.14 Å². The van der Waals surface area contributed by atoms with Gasteiger partial charge in [-0.2, -0.15) is 4.37 Å². The Kier molecular flexibility index (Phi) is 7.30. The fourth-order valence-corrected chi connectivity index (χ4v) is 5.35. The lowest BCUT2D eigenvalue weighted by Crippen LogP contribution is -2.27. The summed E-state index contributed by atoms with van der Waals surface area (Å²) in [5.74, 6) is -0.169. The Morgan fingerprint density at radius 2 is 1.86 bits per heavy atom. The van der Waals surface area contributed by atoms with Crippen molar-refractivity contribution in [2.75, 3.05) is 6.26 Å². The number of thioether (sulfide) groups is 2. The largest absolute Gasteiger partial charge is 0.351 e. The van der Waals surface area contributed by atoms with Crippen LogP contribution in [0.2, 0.25) is 0 Å². The first-order valence-corrected chi connectivity index (χ1v) is 12.8. The zero-order chi connectivity index (χ0) is 20.9. The summed E-state index contributed by atoms with van der Waals surface area (Å²) < 4.78 is 27.7. The van der Waals surface area contributed by atoms with Crippen molar-refractivity contribution in [3.63, 3.8) is 0 Å². The summed E-state index contributed by atoms with van der Waals surface area (Å²) >= 11 is 4.07. The van der Waals surface area contributed by atoms with Gasteiger partial charge in [-0.25, -0.2) is 18.5 Å².